The largest absolute Gasteiger partial charge is 0.507 e. The minimum Gasteiger partial charge on any atom is -0.507 e. The fourth-order valence-electron chi connectivity index (χ4n) is 1.73. The summed E-state index contributed by atoms with van der Waals surface area (Å²) in [5.74, 6) is -0.122. The van der Waals surface area contributed by atoms with E-state index in [1.165, 1.54) is 11.8 Å². The molecule has 0 unspecified atom stereocenters. The minimum absolute atomic E-state index is 0.0331. The van der Waals surface area contributed by atoms with Crippen molar-refractivity contribution >= 4 is 29.3 Å². The maximum Gasteiger partial charge on any atom is 0.196 e. The second-order valence-electron chi connectivity index (χ2n) is 3.94. The number of hydrogen-bond acceptors (Lipinski definition) is 4. The quantitative estimate of drug-likeness (QED) is 0.680. The van der Waals surface area contributed by atoms with Gasteiger partial charge in [0.15, 0.2) is 5.78 Å². The van der Waals surface area contributed by atoms with Crippen LogP contribution in [0.25, 0.3) is 0 Å². The van der Waals surface area contributed by atoms with Gasteiger partial charge in [0.2, 0.25) is 0 Å². The Hall–Kier alpha value is -1.39. The summed E-state index contributed by atoms with van der Waals surface area (Å²) >= 11 is 3.16. The van der Waals surface area contributed by atoms with Crippen LogP contribution in [0.1, 0.15) is 15.9 Å². The van der Waals surface area contributed by atoms with E-state index in [0.717, 1.165) is 9.79 Å². The summed E-state index contributed by atoms with van der Waals surface area (Å²) in [6.45, 7) is 0. The van der Waals surface area contributed by atoms with Crippen molar-refractivity contribution in [2.24, 2.45) is 0 Å². The first kappa shape index (κ1) is 14.0. The molecule has 2 nitrogen and oxygen atoms in total. The predicted molar refractivity (Wildman–Crippen MR) is 81.5 cm³/mol. The van der Waals surface area contributed by atoms with Crippen molar-refractivity contribution in [1.82, 2.24) is 0 Å². The highest BCUT2D eigenvalue weighted by atomic mass is 32.2. The molecular formula is C15H14O2S2. The second kappa shape index (κ2) is 6.17. The number of thioether (sulfide) groups is 2. The molecule has 4 heteroatoms. The van der Waals surface area contributed by atoms with E-state index in [1.807, 2.05) is 30.7 Å². The van der Waals surface area contributed by atoms with Crippen LogP contribution in [0.2, 0.25) is 0 Å². The summed E-state index contributed by atoms with van der Waals surface area (Å²) in [5.41, 5.74) is 0.930. The van der Waals surface area contributed by atoms with Gasteiger partial charge in [-0.2, -0.15) is 0 Å². The van der Waals surface area contributed by atoms with Crippen molar-refractivity contribution in [2.75, 3.05) is 12.5 Å². The maximum atomic E-state index is 12.3. The predicted octanol–water partition coefficient (Wildman–Crippen LogP) is 4.07. The van der Waals surface area contributed by atoms with E-state index in [1.54, 1.807) is 36.0 Å². The van der Waals surface area contributed by atoms with E-state index in [9.17, 15) is 9.90 Å². The average molecular weight is 290 g/mol. The summed E-state index contributed by atoms with van der Waals surface area (Å²) in [5, 5.41) is 9.92. The van der Waals surface area contributed by atoms with Gasteiger partial charge in [-0.3, -0.25) is 4.79 Å². The third-order valence-corrected chi connectivity index (χ3v) is 4.27. The lowest BCUT2D eigenvalue weighted by Gasteiger charge is -2.06. The summed E-state index contributed by atoms with van der Waals surface area (Å²) < 4.78 is 0. The zero-order valence-corrected chi connectivity index (χ0v) is 12.3. The number of hydrogen-bond donors (Lipinski definition) is 1. The molecule has 0 aliphatic rings. The van der Waals surface area contributed by atoms with Gasteiger partial charge < -0.3 is 5.11 Å². The number of rotatable bonds is 4. The molecule has 0 bridgehead atoms. The van der Waals surface area contributed by atoms with Crippen LogP contribution in [0, 0.1) is 0 Å². The van der Waals surface area contributed by atoms with Crippen LogP contribution in [-0.2, 0) is 0 Å². The molecule has 0 spiro atoms. The Labute approximate surface area is 121 Å². The van der Waals surface area contributed by atoms with Gasteiger partial charge in [-0.25, -0.2) is 0 Å². The first-order chi connectivity index (χ1) is 9.15. The van der Waals surface area contributed by atoms with Gasteiger partial charge in [0.1, 0.15) is 5.75 Å². The first-order valence-corrected chi connectivity index (χ1v) is 8.16. The van der Waals surface area contributed by atoms with Crippen molar-refractivity contribution < 1.29 is 9.90 Å². The van der Waals surface area contributed by atoms with Crippen LogP contribution in [0.15, 0.2) is 52.3 Å². The zero-order valence-electron chi connectivity index (χ0n) is 10.7. The number of ketones is 1. The second-order valence-corrected chi connectivity index (χ2v) is 5.70. The Bertz CT molecular complexity index is 592. The van der Waals surface area contributed by atoms with Crippen molar-refractivity contribution in [3.05, 3.63) is 53.6 Å². The molecule has 98 valence electrons. The topological polar surface area (TPSA) is 37.3 Å². The summed E-state index contributed by atoms with van der Waals surface area (Å²) in [6.07, 6.45) is 3.92. The van der Waals surface area contributed by atoms with Crippen LogP contribution in [0.5, 0.6) is 5.75 Å². The number of carbonyl (C=O) groups is 1. The van der Waals surface area contributed by atoms with Crippen LogP contribution < -0.4 is 0 Å². The number of aromatic hydroxyl groups is 1. The van der Waals surface area contributed by atoms with Crippen molar-refractivity contribution in [3.8, 4) is 5.75 Å². The third-order valence-electron chi connectivity index (χ3n) is 2.80. The molecule has 0 saturated heterocycles. The lowest BCUT2D eigenvalue weighted by atomic mass is 10.0. The Morgan fingerprint density at radius 1 is 0.947 bits per heavy atom. The molecule has 0 amide bonds. The summed E-state index contributed by atoms with van der Waals surface area (Å²) in [4.78, 5) is 14.3. The molecule has 0 aliphatic heterocycles. The molecule has 19 heavy (non-hydrogen) atoms. The fourth-order valence-corrected chi connectivity index (χ4v) is 2.57. The Kier molecular flexibility index (Phi) is 4.56. The molecule has 0 radical (unpaired) electrons. The van der Waals surface area contributed by atoms with Crippen LogP contribution in [0.4, 0.5) is 0 Å². The normalized spacial score (nSPS) is 10.4. The number of phenolic OH excluding ortho intramolecular Hbond substituents is 1. The molecule has 0 aromatic heterocycles. The number of phenols is 1. The molecule has 2 aromatic carbocycles. The summed E-state index contributed by atoms with van der Waals surface area (Å²) in [7, 11) is 0. The number of carbonyl (C=O) groups excluding carboxylic acids is 1. The Balaban J connectivity index is 2.32. The smallest absolute Gasteiger partial charge is 0.196 e. The van der Waals surface area contributed by atoms with Crippen molar-refractivity contribution in [2.45, 2.75) is 9.79 Å². The molecule has 0 atom stereocenters. The van der Waals surface area contributed by atoms with Crippen molar-refractivity contribution in [1.29, 1.82) is 0 Å². The van der Waals surface area contributed by atoms with Gasteiger partial charge in [-0.1, -0.05) is 0 Å². The van der Waals surface area contributed by atoms with Crippen molar-refractivity contribution in [3.63, 3.8) is 0 Å². The maximum absolute atomic E-state index is 12.3. The Morgan fingerprint density at radius 3 is 2.05 bits per heavy atom. The van der Waals surface area contributed by atoms with E-state index in [4.69, 9.17) is 0 Å². The van der Waals surface area contributed by atoms with E-state index in [0.29, 0.717) is 11.1 Å². The highest BCUT2D eigenvalue weighted by molar-refractivity contribution is 7.98. The average Bonchev–Trinajstić information content (AvgIpc) is 2.46. The molecule has 2 aromatic rings. The molecule has 0 heterocycles. The SMILES string of the molecule is CSc1ccc(C(=O)c2ccc(SC)cc2O)cc1. The first-order valence-electron chi connectivity index (χ1n) is 5.71. The third kappa shape index (κ3) is 3.14. The zero-order chi connectivity index (χ0) is 13.8. The van der Waals surface area contributed by atoms with Gasteiger partial charge in [0.25, 0.3) is 0 Å². The highest BCUT2D eigenvalue weighted by Gasteiger charge is 2.13. The van der Waals surface area contributed by atoms with E-state index in [-0.39, 0.29) is 11.5 Å². The molecular weight excluding hydrogens is 276 g/mol. The van der Waals surface area contributed by atoms with E-state index in [2.05, 4.69) is 0 Å². The van der Waals surface area contributed by atoms with Crippen LogP contribution >= 0.6 is 23.5 Å². The molecule has 0 saturated carbocycles. The van der Waals surface area contributed by atoms with E-state index >= 15 is 0 Å². The van der Waals surface area contributed by atoms with Gasteiger partial charge in [-0.05, 0) is 55.0 Å². The van der Waals surface area contributed by atoms with Gasteiger partial charge >= 0.3 is 0 Å². The lowest BCUT2D eigenvalue weighted by molar-refractivity contribution is 0.103. The van der Waals surface area contributed by atoms with E-state index < -0.39 is 0 Å². The fraction of sp³-hybridized carbons (Fsp3) is 0.133. The lowest BCUT2D eigenvalue weighted by Crippen LogP contribution is -2.01. The minimum atomic E-state index is -0.155. The monoisotopic (exact) mass is 290 g/mol. The number of benzene rings is 2. The van der Waals surface area contributed by atoms with Gasteiger partial charge in [0, 0.05) is 15.4 Å². The molecule has 1 N–H and O–H groups in total. The molecule has 0 fully saturated rings. The molecule has 0 aliphatic carbocycles. The van der Waals surface area contributed by atoms with Gasteiger partial charge in [-0.15, -0.1) is 23.5 Å². The van der Waals surface area contributed by atoms with Gasteiger partial charge in [0.05, 0.1) is 5.56 Å². The standard InChI is InChI=1S/C15H14O2S2/c1-18-11-5-3-10(4-6-11)15(17)13-8-7-12(19-2)9-14(13)16/h3-9,16H,1-2H3. The summed E-state index contributed by atoms with van der Waals surface area (Å²) in [6, 6.07) is 12.5. The van der Waals surface area contributed by atoms with Crippen LogP contribution in [0.3, 0.4) is 0 Å². The Morgan fingerprint density at radius 2 is 1.53 bits per heavy atom. The molecule has 2 rings (SSSR count). The van der Waals surface area contributed by atoms with Crippen LogP contribution in [-0.4, -0.2) is 23.4 Å². The highest BCUT2D eigenvalue weighted by Crippen LogP contribution is 2.26.